The van der Waals surface area contributed by atoms with Crippen LogP contribution in [0.5, 0.6) is 0 Å². The van der Waals surface area contributed by atoms with Gasteiger partial charge in [-0.25, -0.2) is 4.98 Å². The van der Waals surface area contributed by atoms with Crippen molar-refractivity contribution in [2.45, 2.75) is 38.9 Å². The van der Waals surface area contributed by atoms with E-state index < -0.39 is 18.6 Å². The summed E-state index contributed by atoms with van der Waals surface area (Å²) in [7, 11) is 0. The normalized spacial score (nSPS) is 15.8. The first kappa shape index (κ1) is 22.2. The van der Waals surface area contributed by atoms with Crippen LogP contribution < -0.4 is 10.9 Å². The summed E-state index contributed by atoms with van der Waals surface area (Å²) in [6.45, 7) is 3.92. The lowest BCUT2D eigenvalue weighted by molar-refractivity contribution is -0.140. The van der Waals surface area contributed by atoms with Crippen LogP contribution in [0.3, 0.4) is 0 Å². The lowest BCUT2D eigenvalue weighted by Crippen LogP contribution is -2.39. The van der Waals surface area contributed by atoms with E-state index in [-0.39, 0.29) is 5.56 Å². The van der Waals surface area contributed by atoms with Crippen LogP contribution in [0.25, 0.3) is 22.4 Å². The Morgan fingerprint density at radius 1 is 1.34 bits per heavy atom. The van der Waals surface area contributed by atoms with Gasteiger partial charge in [0.15, 0.2) is 0 Å². The molecule has 0 spiro atoms. The quantitative estimate of drug-likeness (QED) is 0.419. The number of aliphatic carboxylic acids is 1. The molecule has 1 aromatic carbocycles. The molecule has 0 aliphatic carbocycles. The largest absolute Gasteiger partial charge is 0.480 e. The molecule has 1 fully saturated rings. The zero-order valence-corrected chi connectivity index (χ0v) is 18.0. The molecule has 32 heavy (non-hydrogen) atoms. The van der Waals surface area contributed by atoms with Gasteiger partial charge in [0.1, 0.15) is 11.9 Å². The van der Waals surface area contributed by atoms with E-state index in [1.54, 1.807) is 13.1 Å². The number of carboxylic acid groups (broad SMARTS) is 1. The van der Waals surface area contributed by atoms with Crippen LogP contribution in [0.15, 0.2) is 35.3 Å². The molecule has 9 nitrogen and oxygen atoms in total. The zero-order valence-electron chi connectivity index (χ0n) is 18.0. The number of rotatable bonds is 8. The fourth-order valence-electron chi connectivity index (χ4n) is 4.08. The van der Waals surface area contributed by atoms with Crippen molar-refractivity contribution in [3.8, 4) is 11.4 Å². The van der Waals surface area contributed by atoms with Crippen molar-refractivity contribution >= 4 is 17.0 Å². The van der Waals surface area contributed by atoms with Crippen molar-refractivity contribution in [2.24, 2.45) is 5.92 Å². The highest BCUT2D eigenvalue weighted by atomic mass is 16.5. The van der Waals surface area contributed by atoms with Crippen LogP contribution in [0.2, 0.25) is 0 Å². The molecule has 2 aromatic heterocycles. The maximum atomic E-state index is 11.9. The number of benzene rings is 1. The number of imidazole rings is 1. The van der Waals surface area contributed by atoms with Gasteiger partial charge >= 0.3 is 5.97 Å². The Morgan fingerprint density at radius 2 is 2.12 bits per heavy atom. The summed E-state index contributed by atoms with van der Waals surface area (Å²) in [5, 5.41) is 21.2. The Balaban J connectivity index is 1.70. The van der Waals surface area contributed by atoms with Gasteiger partial charge in [-0.15, -0.1) is 0 Å². The Hall–Kier alpha value is -3.01. The summed E-state index contributed by atoms with van der Waals surface area (Å²) in [5.41, 5.74) is 4.00. The van der Waals surface area contributed by atoms with Crippen molar-refractivity contribution in [3.05, 3.63) is 51.9 Å². The first-order valence-corrected chi connectivity index (χ1v) is 10.8. The third kappa shape index (κ3) is 4.74. The van der Waals surface area contributed by atoms with Gasteiger partial charge in [0.05, 0.1) is 17.6 Å². The monoisotopic (exact) mass is 440 g/mol. The fourth-order valence-corrected chi connectivity index (χ4v) is 4.08. The molecule has 170 valence electrons. The molecule has 1 saturated heterocycles. The zero-order chi connectivity index (χ0) is 22.7. The fraction of sp³-hybridized carbons (Fsp3) is 0.435. The summed E-state index contributed by atoms with van der Waals surface area (Å²) >= 11 is 0. The van der Waals surface area contributed by atoms with Crippen molar-refractivity contribution in [2.75, 3.05) is 19.8 Å². The predicted octanol–water partition coefficient (Wildman–Crippen LogP) is 1.66. The smallest absolute Gasteiger partial charge is 0.323 e. The Labute approximate surface area is 185 Å². The number of carbonyl (C=O) groups is 1. The van der Waals surface area contributed by atoms with Crippen molar-refractivity contribution in [3.63, 3.8) is 0 Å². The van der Waals surface area contributed by atoms with Crippen molar-refractivity contribution < 1.29 is 19.7 Å². The summed E-state index contributed by atoms with van der Waals surface area (Å²) < 4.78 is 7.70. The summed E-state index contributed by atoms with van der Waals surface area (Å²) in [6.07, 6.45) is 3.67. The minimum absolute atomic E-state index is 0.119. The van der Waals surface area contributed by atoms with Gasteiger partial charge in [-0.1, -0.05) is 6.07 Å². The van der Waals surface area contributed by atoms with Crippen LogP contribution in [0, 0.1) is 12.8 Å². The highest BCUT2D eigenvalue weighted by Crippen LogP contribution is 2.28. The second-order valence-corrected chi connectivity index (χ2v) is 8.28. The number of nitrogens with zero attached hydrogens (tertiary/aromatic N) is 2. The SMILES string of the molecule is Cc1cc(-c2nc3cc(CNC(CO)C(=O)O)ccc3n2CC2CCOCC2)c[nH]c1=O. The molecule has 1 atom stereocenters. The van der Waals surface area contributed by atoms with Crippen molar-refractivity contribution in [1.29, 1.82) is 0 Å². The molecular weight excluding hydrogens is 412 g/mol. The highest BCUT2D eigenvalue weighted by molar-refractivity contribution is 5.81. The Bertz CT molecular complexity index is 1160. The molecule has 0 bridgehead atoms. The lowest BCUT2D eigenvalue weighted by Gasteiger charge is -2.23. The molecule has 0 amide bonds. The number of pyridine rings is 1. The molecule has 1 aliphatic rings. The number of ether oxygens (including phenoxy) is 1. The standard InChI is InChI=1S/C23H28N4O5/c1-14-8-17(11-25-22(14)29)21-26-18-9-16(10-24-19(13-28)23(30)31)2-3-20(18)27(21)12-15-4-6-32-7-5-15/h2-3,8-9,11,15,19,24,28H,4-7,10,12-13H2,1H3,(H,25,29)(H,30,31). The van der Waals surface area contributed by atoms with Crippen LogP contribution >= 0.6 is 0 Å². The summed E-state index contributed by atoms with van der Waals surface area (Å²) in [4.78, 5) is 30.7. The first-order valence-electron chi connectivity index (χ1n) is 10.8. The van der Waals surface area contributed by atoms with E-state index in [1.807, 2.05) is 24.3 Å². The number of fused-ring (bicyclic) bond motifs is 1. The van der Waals surface area contributed by atoms with Crippen LogP contribution in [-0.4, -0.2) is 56.6 Å². The minimum Gasteiger partial charge on any atom is -0.480 e. The van der Waals surface area contributed by atoms with E-state index >= 15 is 0 Å². The molecular formula is C23H28N4O5. The average molecular weight is 441 g/mol. The molecule has 3 aromatic rings. The molecule has 1 unspecified atom stereocenters. The maximum Gasteiger partial charge on any atom is 0.323 e. The summed E-state index contributed by atoms with van der Waals surface area (Å²) in [6, 6.07) is 6.70. The van der Waals surface area contributed by atoms with Crippen LogP contribution in [-0.2, 0) is 22.6 Å². The molecule has 1 aliphatic heterocycles. The number of aromatic nitrogens is 3. The molecule has 9 heteroatoms. The third-order valence-corrected chi connectivity index (χ3v) is 5.97. The van der Waals surface area contributed by atoms with Crippen LogP contribution in [0.1, 0.15) is 24.0 Å². The van der Waals surface area contributed by atoms with E-state index in [1.165, 1.54) is 0 Å². The lowest BCUT2D eigenvalue weighted by atomic mass is 10.00. The van der Waals surface area contributed by atoms with Gasteiger partial charge in [-0.05, 0) is 49.4 Å². The molecule has 0 saturated carbocycles. The van der Waals surface area contributed by atoms with E-state index in [0.29, 0.717) is 18.0 Å². The average Bonchev–Trinajstić information content (AvgIpc) is 3.14. The van der Waals surface area contributed by atoms with E-state index in [4.69, 9.17) is 14.8 Å². The Morgan fingerprint density at radius 3 is 2.81 bits per heavy atom. The first-order chi connectivity index (χ1) is 15.5. The summed E-state index contributed by atoms with van der Waals surface area (Å²) in [5.74, 6) is 0.172. The number of hydrogen-bond acceptors (Lipinski definition) is 6. The minimum atomic E-state index is -1.09. The van der Waals surface area contributed by atoms with Crippen LogP contribution in [0.4, 0.5) is 0 Å². The molecule has 0 radical (unpaired) electrons. The Kier molecular flexibility index (Phi) is 6.69. The molecule has 3 heterocycles. The predicted molar refractivity (Wildman–Crippen MR) is 119 cm³/mol. The number of hydrogen-bond donors (Lipinski definition) is 4. The third-order valence-electron chi connectivity index (χ3n) is 5.97. The molecule has 4 N–H and O–H groups in total. The number of H-pyrrole nitrogens is 1. The number of aliphatic hydroxyl groups excluding tert-OH is 1. The molecule has 4 rings (SSSR count). The second kappa shape index (κ2) is 9.64. The van der Waals surface area contributed by atoms with Gasteiger partial charge in [-0.3, -0.25) is 14.9 Å². The number of nitrogens with one attached hydrogen (secondary N) is 2. The van der Waals surface area contributed by atoms with Gasteiger partial charge in [0.25, 0.3) is 5.56 Å². The number of carboxylic acids is 1. The van der Waals surface area contributed by atoms with E-state index in [0.717, 1.165) is 60.6 Å². The van der Waals surface area contributed by atoms with E-state index in [9.17, 15) is 14.7 Å². The van der Waals surface area contributed by atoms with E-state index in [2.05, 4.69) is 14.9 Å². The van der Waals surface area contributed by atoms with Crippen molar-refractivity contribution in [1.82, 2.24) is 19.9 Å². The van der Waals surface area contributed by atoms with Gasteiger partial charge in [0, 0.05) is 43.6 Å². The number of aliphatic hydroxyl groups is 1. The number of aryl methyl sites for hydroxylation is 1. The van der Waals surface area contributed by atoms with Gasteiger partial charge < -0.3 is 24.5 Å². The van der Waals surface area contributed by atoms with Gasteiger partial charge in [-0.2, -0.15) is 0 Å². The maximum absolute atomic E-state index is 11.9. The van der Waals surface area contributed by atoms with Gasteiger partial charge in [0.2, 0.25) is 0 Å². The second-order valence-electron chi connectivity index (χ2n) is 8.28. The highest BCUT2D eigenvalue weighted by Gasteiger charge is 2.20. The topological polar surface area (TPSA) is 129 Å². The number of aromatic amines is 1.